The molecule has 0 atom stereocenters. The number of rotatable bonds is 4. The fourth-order valence-electron chi connectivity index (χ4n) is 3.70. The van der Waals surface area contributed by atoms with E-state index in [9.17, 15) is 0 Å². The monoisotopic (exact) mass is 420 g/mol. The van der Waals surface area contributed by atoms with E-state index in [-0.39, 0.29) is 0 Å². The predicted molar refractivity (Wildman–Crippen MR) is 120 cm³/mol. The first-order valence-corrected chi connectivity index (χ1v) is 9.88. The number of nitrogens with one attached hydrogen (secondary N) is 2. The number of fused-ring (bicyclic) bond motifs is 2. The number of aromatic nitrogens is 8. The normalized spacial score (nSPS) is 11.3. The van der Waals surface area contributed by atoms with E-state index < -0.39 is 0 Å². The average molecular weight is 420 g/mol. The summed E-state index contributed by atoms with van der Waals surface area (Å²) >= 11 is 0. The average Bonchev–Trinajstić information content (AvgIpc) is 3.48. The Kier molecular flexibility index (Phi) is 4.10. The summed E-state index contributed by atoms with van der Waals surface area (Å²) in [5.41, 5.74) is 6.62. The zero-order chi connectivity index (χ0) is 21.5. The zero-order valence-electron chi connectivity index (χ0n) is 16.9. The third kappa shape index (κ3) is 2.95. The van der Waals surface area contributed by atoms with Gasteiger partial charge in [0.1, 0.15) is 17.0 Å². The van der Waals surface area contributed by atoms with E-state index in [1.54, 1.807) is 50.5 Å². The highest BCUT2D eigenvalue weighted by molar-refractivity contribution is 5.97. The highest BCUT2D eigenvalue weighted by atomic mass is 16.5. The predicted octanol–water partition coefficient (Wildman–Crippen LogP) is 4.03. The standard InChI is InChI=1S/C23H16N8O/c1-32-15-5-14(8-25-9-15)18-6-16-19(12-27-18)30-31-22(16)23-28-20-11-26-10-17(21(20)29-23)13-3-2-4-24-7-13/h2-12H,1H3,(H,28,29)(H,30,31). The molecule has 0 saturated carbocycles. The molecule has 0 spiro atoms. The lowest BCUT2D eigenvalue weighted by Crippen LogP contribution is -1.89. The second-order valence-electron chi connectivity index (χ2n) is 7.21. The van der Waals surface area contributed by atoms with Crippen molar-refractivity contribution in [2.24, 2.45) is 0 Å². The van der Waals surface area contributed by atoms with Crippen molar-refractivity contribution in [3.63, 3.8) is 0 Å². The van der Waals surface area contributed by atoms with Gasteiger partial charge < -0.3 is 9.72 Å². The molecular formula is C23H16N8O. The summed E-state index contributed by atoms with van der Waals surface area (Å²) in [6, 6.07) is 7.75. The Morgan fingerprint density at radius 3 is 2.66 bits per heavy atom. The summed E-state index contributed by atoms with van der Waals surface area (Å²) in [6.45, 7) is 0. The maximum atomic E-state index is 5.29. The molecule has 9 nitrogen and oxygen atoms in total. The molecule has 0 amide bonds. The summed E-state index contributed by atoms with van der Waals surface area (Å²) in [7, 11) is 1.61. The van der Waals surface area contributed by atoms with Gasteiger partial charge in [-0.1, -0.05) is 6.07 Å². The molecule has 0 aliphatic rings. The molecule has 32 heavy (non-hydrogen) atoms. The molecular weight excluding hydrogens is 404 g/mol. The van der Waals surface area contributed by atoms with Gasteiger partial charge in [0, 0.05) is 46.9 Å². The quantitative estimate of drug-likeness (QED) is 0.442. The number of aromatic amines is 2. The summed E-state index contributed by atoms with van der Waals surface area (Å²) in [4.78, 5) is 25.5. The van der Waals surface area contributed by atoms with Gasteiger partial charge in [-0.3, -0.25) is 25.0 Å². The van der Waals surface area contributed by atoms with E-state index in [1.807, 2.05) is 24.3 Å². The molecule has 0 bridgehead atoms. The van der Waals surface area contributed by atoms with Crippen LogP contribution in [0.4, 0.5) is 0 Å². The molecule has 0 saturated heterocycles. The van der Waals surface area contributed by atoms with E-state index in [4.69, 9.17) is 9.72 Å². The Labute approximate surface area is 181 Å². The van der Waals surface area contributed by atoms with Crippen molar-refractivity contribution >= 4 is 21.9 Å². The van der Waals surface area contributed by atoms with Crippen LogP contribution in [-0.2, 0) is 0 Å². The molecule has 6 heterocycles. The van der Waals surface area contributed by atoms with Crippen molar-refractivity contribution in [1.82, 2.24) is 40.1 Å². The molecule has 6 aromatic rings. The third-order valence-corrected chi connectivity index (χ3v) is 5.28. The highest BCUT2D eigenvalue weighted by Gasteiger charge is 2.16. The van der Waals surface area contributed by atoms with E-state index >= 15 is 0 Å². The molecule has 154 valence electrons. The van der Waals surface area contributed by atoms with E-state index in [0.29, 0.717) is 17.3 Å². The van der Waals surface area contributed by atoms with Gasteiger partial charge in [0.05, 0.1) is 42.4 Å². The minimum atomic E-state index is 0.644. The van der Waals surface area contributed by atoms with Crippen LogP contribution in [0.3, 0.4) is 0 Å². The lowest BCUT2D eigenvalue weighted by atomic mass is 10.1. The molecule has 0 aromatic carbocycles. The van der Waals surface area contributed by atoms with Gasteiger partial charge in [0.2, 0.25) is 0 Å². The molecule has 2 N–H and O–H groups in total. The number of pyridine rings is 4. The Morgan fingerprint density at radius 2 is 1.78 bits per heavy atom. The maximum Gasteiger partial charge on any atom is 0.159 e. The van der Waals surface area contributed by atoms with Crippen LogP contribution in [0.5, 0.6) is 5.75 Å². The van der Waals surface area contributed by atoms with Gasteiger partial charge in [-0.05, 0) is 18.2 Å². The minimum Gasteiger partial charge on any atom is -0.495 e. The maximum absolute atomic E-state index is 5.29. The van der Waals surface area contributed by atoms with E-state index in [1.165, 1.54) is 0 Å². The topological polar surface area (TPSA) is 118 Å². The first kappa shape index (κ1) is 18.1. The van der Waals surface area contributed by atoms with Crippen molar-refractivity contribution in [1.29, 1.82) is 0 Å². The van der Waals surface area contributed by atoms with E-state index in [2.05, 4.69) is 35.1 Å². The van der Waals surface area contributed by atoms with Gasteiger partial charge in [0.25, 0.3) is 0 Å². The Morgan fingerprint density at radius 1 is 0.875 bits per heavy atom. The van der Waals surface area contributed by atoms with Gasteiger partial charge in [-0.2, -0.15) is 5.10 Å². The van der Waals surface area contributed by atoms with Crippen molar-refractivity contribution in [3.8, 4) is 39.7 Å². The molecule has 0 radical (unpaired) electrons. The van der Waals surface area contributed by atoms with Crippen LogP contribution >= 0.6 is 0 Å². The fraction of sp³-hybridized carbons (Fsp3) is 0.0435. The third-order valence-electron chi connectivity index (χ3n) is 5.28. The fourth-order valence-corrected chi connectivity index (χ4v) is 3.70. The van der Waals surface area contributed by atoms with Crippen LogP contribution in [0.15, 0.2) is 67.6 Å². The first-order chi connectivity index (χ1) is 15.8. The highest BCUT2D eigenvalue weighted by Crippen LogP contribution is 2.32. The van der Waals surface area contributed by atoms with Crippen LogP contribution in [0.1, 0.15) is 0 Å². The Hall–Kier alpha value is -4.66. The van der Waals surface area contributed by atoms with Crippen LogP contribution in [0.2, 0.25) is 0 Å². The SMILES string of the molecule is COc1cncc(-c2cc3c(-c4nc5c(-c6cccnc6)cncc5[nH]4)n[nH]c3cn2)c1. The molecule has 0 aliphatic carbocycles. The number of hydrogen-bond donors (Lipinski definition) is 2. The van der Waals surface area contributed by atoms with Crippen LogP contribution in [-0.4, -0.2) is 47.2 Å². The van der Waals surface area contributed by atoms with Crippen molar-refractivity contribution in [3.05, 3.63) is 67.6 Å². The molecule has 0 unspecified atom stereocenters. The first-order valence-electron chi connectivity index (χ1n) is 9.88. The number of H-pyrrole nitrogens is 2. The number of methoxy groups -OCH3 is 1. The van der Waals surface area contributed by atoms with E-state index in [0.717, 1.165) is 44.3 Å². The lowest BCUT2D eigenvalue weighted by Gasteiger charge is -2.03. The largest absolute Gasteiger partial charge is 0.495 e. The summed E-state index contributed by atoms with van der Waals surface area (Å²) < 4.78 is 5.29. The number of imidazole rings is 1. The molecule has 6 aromatic heterocycles. The Balaban J connectivity index is 1.50. The molecule has 6 rings (SSSR count). The minimum absolute atomic E-state index is 0.644. The molecule has 0 fully saturated rings. The summed E-state index contributed by atoms with van der Waals surface area (Å²) in [5.74, 6) is 1.31. The Bertz CT molecular complexity index is 1570. The number of hydrogen-bond acceptors (Lipinski definition) is 7. The number of nitrogens with zero attached hydrogens (tertiary/aromatic N) is 6. The van der Waals surface area contributed by atoms with Crippen molar-refractivity contribution in [2.45, 2.75) is 0 Å². The van der Waals surface area contributed by atoms with Gasteiger partial charge >= 0.3 is 0 Å². The second kappa shape index (κ2) is 7.24. The second-order valence-corrected chi connectivity index (χ2v) is 7.21. The van der Waals surface area contributed by atoms with Gasteiger partial charge in [0.15, 0.2) is 5.82 Å². The lowest BCUT2D eigenvalue weighted by molar-refractivity contribution is 0.413. The zero-order valence-corrected chi connectivity index (χ0v) is 16.9. The molecule has 9 heteroatoms. The number of ether oxygens (including phenoxy) is 1. The summed E-state index contributed by atoms with van der Waals surface area (Å²) in [6.07, 6.45) is 12.3. The van der Waals surface area contributed by atoms with Gasteiger partial charge in [-0.25, -0.2) is 4.98 Å². The van der Waals surface area contributed by atoms with Crippen LogP contribution in [0, 0.1) is 0 Å². The molecule has 0 aliphatic heterocycles. The van der Waals surface area contributed by atoms with Gasteiger partial charge in [-0.15, -0.1) is 0 Å². The van der Waals surface area contributed by atoms with Crippen LogP contribution in [0.25, 0.3) is 55.8 Å². The summed E-state index contributed by atoms with van der Waals surface area (Å²) in [5, 5.41) is 8.44. The van der Waals surface area contributed by atoms with Crippen molar-refractivity contribution in [2.75, 3.05) is 7.11 Å². The van der Waals surface area contributed by atoms with Crippen molar-refractivity contribution < 1.29 is 4.74 Å². The van der Waals surface area contributed by atoms with Crippen LogP contribution < -0.4 is 4.74 Å². The smallest absolute Gasteiger partial charge is 0.159 e.